The molecule has 0 aliphatic carbocycles. The zero-order valence-electron chi connectivity index (χ0n) is 27.3. The van der Waals surface area contributed by atoms with Gasteiger partial charge in [0, 0.05) is 86.7 Å². The summed E-state index contributed by atoms with van der Waals surface area (Å²) in [6, 6.07) is 19.9. The van der Waals surface area contributed by atoms with Crippen LogP contribution in [0, 0.1) is 0 Å². The number of benzene rings is 3. The zero-order chi connectivity index (χ0) is 34.9. The number of H-pyrrole nitrogens is 1. The summed E-state index contributed by atoms with van der Waals surface area (Å²) < 4.78 is 45.8. The molecule has 2 fully saturated rings. The number of aromatic nitrogens is 4. The van der Waals surface area contributed by atoms with Gasteiger partial charge < -0.3 is 19.9 Å². The summed E-state index contributed by atoms with van der Waals surface area (Å²) in [4.78, 5) is 41.6. The standard InChI is InChI=1S/C36H35F3N8O3/c1-50-35(34(49)42-27-8-11-30-29(21-27)32(44-43-30)25-4-2-5-26(20-25)36(37,38)39)12-15-45(23-35)22-31(48)47-18-16-46(17-19-47)28-9-6-24(7-10-28)33-40-13-3-14-41-33/h2-11,13-14,20-21H,12,15-19,22-23H2,1H3,(H,42,49)(H,43,44)/t35-/m0/s1. The smallest absolute Gasteiger partial charge is 0.368 e. The van der Waals surface area contributed by atoms with Crippen LogP contribution in [0.25, 0.3) is 33.5 Å². The lowest BCUT2D eigenvalue weighted by Gasteiger charge is -2.37. The number of carbonyl (C=O) groups excluding carboxylic acids is 2. The summed E-state index contributed by atoms with van der Waals surface area (Å²) in [5, 5.41) is 10.6. The highest BCUT2D eigenvalue weighted by Crippen LogP contribution is 2.35. The normalized spacial score (nSPS) is 18.5. The van der Waals surface area contributed by atoms with Gasteiger partial charge in [0.05, 0.1) is 23.3 Å². The fourth-order valence-electron chi connectivity index (χ4n) is 6.61. The van der Waals surface area contributed by atoms with Gasteiger partial charge in [-0.1, -0.05) is 12.1 Å². The third kappa shape index (κ3) is 6.76. The summed E-state index contributed by atoms with van der Waals surface area (Å²) in [6.07, 6.45) is -0.663. The Balaban J connectivity index is 0.951. The Morgan fingerprint density at radius 2 is 1.68 bits per heavy atom. The molecular formula is C36H35F3N8O3. The maximum absolute atomic E-state index is 13.6. The lowest BCUT2D eigenvalue weighted by molar-refractivity contribution is -0.138. The highest BCUT2D eigenvalue weighted by molar-refractivity contribution is 6.01. The number of anilines is 2. The van der Waals surface area contributed by atoms with E-state index >= 15 is 0 Å². The van der Waals surface area contributed by atoms with Gasteiger partial charge in [-0.2, -0.15) is 18.3 Å². The van der Waals surface area contributed by atoms with Crippen molar-refractivity contribution in [3.63, 3.8) is 0 Å². The Hall–Kier alpha value is -5.34. The molecule has 0 saturated carbocycles. The molecule has 3 aromatic carbocycles. The van der Waals surface area contributed by atoms with Gasteiger partial charge in [-0.25, -0.2) is 9.97 Å². The van der Waals surface area contributed by atoms with Gasteiger partial charge in [0.1, 0.15) is 0 Å². The first-order valence-electron chi connectivity index (χ1n) is 16.3. The first-order valence-corrected chi connectivity index (χ1v) is 16.3. The fraction of sp³-hybridized carbons (Fsp3) is 0.306. The SMILES string of the molecule is CO[C@@]1(C(=O)Nc2ccc3[nH]nc(-c4cccc(C(F)(F)F)c4)c3c2)CCN(CC(=O)N2CCN(c3ccc(-c4ncccn4)cc3)CC2)C1. The Morgan fingerprint density at radius 1 is 0.920 bits per heavy atom. The number of methoxy groups -OCH3 is 1. The topological polar surface area (TPSA) is 120 Å². The van der Waals surface area contributed by atoms with Crippen LogP contribution in [0.4, 0.5) is 24.5 Å². The first kappa shape index (κ1) is 33.2. The second-order valence-electron chi connectivity index (χ2n) is 12.5. The number of nitrogens with one attached hydrogen (secondary N) is 2. The lowest BCUT2D eigenvalue weighted by atomic mass is 10.0. The van der Waals surface area contributed by atoms with E-state index in [9.17, 15) is 22.8 Å². The number of hydrogen-bond donors (Lipinski definition) is 2. The van der Waals surface area contributed by atoms with Crippen molar-refractivity contribution in [3.8, 4) is 22.6 Å². The number of piperazine rings is 1. The van der Waals surface area contributed by atoms with Crippen LogP contribution in [0.3, 0.4) is 0 Å². The van der Waals surface area contributed by atoms with E-state index in [0.717, 1.165) is 23.4 Å². The second-order valence-corrected chi connectivity index (χ2v) is 12.5. The molecule has 0 unspecified atom stereocenters. The molecule has 2 saturated heterocycles. The molecule has 50 heavy (non-hydrogen) atoms. The number of alkyl halides is 3. The maximum Gasteiger partial charge on any atom is 0.416 e. The monoisotopic (exact) mass is 684 g/mol. The van der Waals surface area contributed by atoms with Crippen LogP contribution >= 0.6 is 0 Å². The molecule has 1 atom stereocenters. The minimum absolute atomic E-state index is 0.000988. The van der Waals surface area contributed by atoms with E-state index in [1.165, 1.54) is 13.2 Å². The van der Waals surface area contributed by atoms with Crippen molar-refractivity contribution < 1.29 is 27.5 Å². The number of rotatable bonds is 8. The Kier molecular flexibility index (Phi) is 8.97. The highest BCUT2D eigenvalue weighted by atomic mass is 19.4. The number of amides is 2. The fourth-order valence-corrected chi connectivity index (χ4v) is 6.61. The second kappa shape index (κ2) is 13.5. The molecule has 2 aliphatic heterocycles. The van der Waals surface area contributed by atoms with E-state index in [4.69, 9.17) is 4.74 Å². The van der Waals surface area contributed by atoms with Crippen LogP contribution < -0.4 is 10.2 Å². The number of fused-ring (bicyclic) bond motifs is 1. The first-order chi connectivity index (χ1) is 24.1. The molecular weight excluding hydrogens is 649 g/mol. The summed E-state index contributed by atoms with van der Waals surface area (Å²) in [5.74, 6) is 0.311. The van der Waals surface area contributed by atoms with Crippen molar-refractivity contribution in [3.05, 3.63) is 90.8 Å². The van der Waals surface area contributed by atoms with Gasteiger partial charge in [0.15, 0.2) is 11.4 Å². The summed E-state index contributed by atoms with van der Waals surface area (Å²) in [6.45, 7) is 3.50. The molecule has 0 radical (unpaired) electrons. The van der Waals surface area contributed by atoms with Crippen LogP contribution in [0.2, 0.25) is 0 Å². The number of likely N-dealkylation sites (tertiary alicyclic amines) is 1. The quantitative estimate of drug-likeness (QED) is 0.232. The molecule has 14 heteroatoms. The van der Waals surface area contributed by atoms with Gasteiger partial charge in [0.2, 0.25) is 5.91 Å². The third-order valence-corrected chi connectivity index (χ3v) is 9.45. The van der Waals surface area contributed by atoms with Crippen LogP contribution in [0.1, 0.15) is 12.0 Å². The molecule has 7 rings (SSSR count). The van der Waals surface area contributed by atoms with Crippen LogP contribution in [-0.2, 0) is 20.5 Å². The number of carbonyl (C=O) groups is 2. The summed E-state index contributed by atoms with van der Waals surface area (Å²) >= 11 is 0. The molecule has 2 N–H and O–H groups in total. The Morgan fingerprint density at radius 3 is 2.40 bits per heavy atom. The number of hydrogen-bond acceptors (Lipinski definition) is 8. The van der Waals surface area contributed by atoms with E-state index in [1.54, 1.807) is 42.7 Å². The zero-order valence-corrected chi connectivity index (χ0v) is 27.3. The van der Waals surface area contributed by atoms with Crippen molar-refractivity contribution in [2.75, 3.05) is 63.1 Å². The van der Waals surface area contributed by atoms with Gasteiger partial charge >= 0.3 is 6.18 Å². The lowest BCUT2D eigenvalue weighted by Crippen LogP contribution is -2.52. The van der Waals surface area contributed by atoms with Crippen LogP contribution in [0.15, 0.2) is 85.2 Å². The molecule has 5 aromatic rings. The van der Waals surface area contributed by atoms with Crippen molar-refractivity contribution in [1.82, 2.24) is 30.0 Å². The van der Waals surface area contributed by atoms with Crippen molar-refractivity contribution in [2.45, 2.75) is 18.2 Å². The maximum atomic E-state index is 13.6. The van der Waals surface area contributed by atoms with E-state index < -0.39 is 17.3 Å². The summed E-state index contributed by atoms with van der Waals surface area (Å²) in [5.41, 5.74) is 1.77. The van der Waals surface area contributed by atoms with E-state index in [0.29, 0.717) is 72.8 Å². The van der Waals surface area contributed by atoms with Crippen molar-refractivity contribution >= 4 is 34.1 Å². The van der Waals surface area contributed by atoms with Gasteiger partial charge in [0.25, 0.3) is 5.91 Å². The average Bonchev–Trinajstić information content (AvgIpc) is 3.76. The van der Waals surface area contributed by atoms with Gasteiger partial charge in [-0.3, -0.25) is 19.6 Å². The van der Waals surface area contributed by atoms with E-state index in [2.05, 4.69) is 30.4 Å². The number of aromatic amines is 1. The Bertz CT molecular complexity index is 2000. The molecule has 11 nitrogen and oxygen atoms in total. The highest BCUT2D eigenvalue weighted by Gasteiger charge is 2.45. The summed E-state index contributed by atoms with van der Waals surface area (Å²) in [7, 11) is 1.48. The molecule has 4 heterocycles. The third-order valence-electron chi connectivity index (χ3n) is 9.45. The van der Waals surface area contributed by atoms with Crippen molar-refractivity contribution in [2.24, 2.45) is 0 Å². The number of nitrogens with zero attached hydrogens (tertiary/aromatic N) is 6. The van der Waals surface area contributed by atoms with E-state index in [-0.39, 0.29) is 24.9 Å². The van der Waals surface area contributed by atoms with Crippen LogP contribution in [0.5, 0.6) is 0 Å². The van der Waals surface area contributed by atoms with Gasteiger partial charge in [-0.05, 0) is 67.1 Å². The molecule has 0 spiro atoms. The minimum Gasteiger partial charge on any atom is -0.368 e. The molecule has 2 aromatic heterocycles. The molecule has 2 aliphatic rings. The number of ether oxygens (including phenoxy) is 1. The Labute approximate surface area is 286 Å². The molecule has 0 bridgehead atoms. The predicted octanol–water partition coefficient (Wildman–Crippen LogP) is 5.08. The minimum atomic E-state index is -4.49. The molecule has 258 valence electrons. The van der Waals surface area contributed by atoms with Gasteiger partial charge in [-0.15, -0.1) is 0 Å². The number of halogens is 3. The largest absolute Gasteiger partial charge is 0.416 e. The predicted molar refractivity (Wildman–Crippen MR) is 182 cm³/mol. The average molecular weight is 685 g/mol. The molecule has 2 amide bonds. The van der Waals surface area contributed by atoms with Crippen molar-refractivity contribution in [1.29, 1.82) is 0 Å². The van der Waals surface area contributed by atoms with Crippen LogP contribution in [-0.4, -0.2) is 100 Å². The van der Waals surface area contributed by atoms with E-state index in [1.807, 2.05) is 34.1 Å².